The molecule has 0 spiro atoms. The van der Waals surface area contributed by atoms with Crippen LogP contribution in [-0.2, 0) is 38.7 Å². The van der Waals surface area contributed by atoms with E-state index in [0.717, 1.165) is 5.56 Å². The van der Waals surface area contributed by atoms with Crippen molar-refractivity contribution >= 4 is 30.0 Å². The maximum atomic E-state index is 14.0. The predicted molar refractivity (Wildman–Crippen MR) is 159 cm³/mol. The maximum Gasteiger partial charge on any atom is 0.417 e. The lowest BCUT2D eigenvalue weighted by Gasteiger charge is -2.30. The highest BCUT2D eigenvalue weighted by atomic mass is 16.6. The second-order valence-electron chi connectivity index (χ2n) is 9.50. The maximum absolute atomic E-state index is 14.0. The molecule has 0 heterocycles. The molecule has 0 saturated heterocycles. The summed E-state index contributed by atoms with van der Waals surface area (Å²) in [5.41, 5.74) is 12.7. The summed E-state index contributed by atoms with van der Waals surface area (Å²) in [5, 5.41) is 12.6. The van der Waals surface area contributed by atoms with E-state index in [2.05, 4.69) is 10.3 Å². The van der Waals surface area contributed by atoms with Crippen molar-refractivity contribution in [2.24, 2.45) is 16.5 Å². The van der Waals surface area contributed by atoms with Gasteiger partial charge in [0.25, 0.3) is 5.91 Å². The van der Waals surface area contributed by atoms with Crippen LogP contribution in [0, 0.1) is 0 Å². The molecule has 12 nitrogen and oxygen atoms in total. The van der Waals surface area contributed by atoms with Crippen LogP contribution in [0.1, 0.15) is 29.5 Å². The highest BCUT2D eigenvalue weighted by molar-refractivity contribution is 6.00. The number of alkyl carbamates (subject to hydrolysis) is 1. The normalized spacial score (nSPS) is 11.8. The third kappa shape index (κ3) is 10.8. The number of hydrogen-bond donors (Lipinski definition) is 4. The zero-order chi connectivity index (χ0) is 31.0. The molecule has 43 heavy (non-hydrogen) atoms. The van der Waals surface area contributed by atoms with Gasteiger partial charge in [-0.2, -0.15) is 0 Å². The first kappa shape index (κ1) is 32.1. The van der Waals surface area contributed by atoms with Crippen LogP contribution < -0.4 is 16.8 Å². The van der Waals surface area contributed by atoms with E-state index in [0.29, 0.717) is 16.0 Å². The number of ether oxygens (including phenoxy) is 2. The number of carboxylic acid groups (broad SMARTS) is 1. The van der Waals surface area contributed by atoms with E-state index in [1.807, 2.05) is 6.07 Å². The van der Waals surface area contributed by atoms with Gasteiger partial charge in [-0.15, -0.1) is 0 Å². The summed E-state index contributed by atoms with van der Waals surface area (Å²) in [6.07, 6.45) is -2.19. The van der Waals surface area contributed by atoms with Crippen molar-refractivity contribution in [2.75, 3.05) is 6.54 Å². The number of aliphatic imine (C=N–C) groups is 1. The van der Waals surface area contributed by atoms with E-state index in [1.54, 1.807) is 84.9 Å². The van der Waals surface area contributed by atoms with Gasteiger partial charge in [-0.3, -0.25) is 9.79 Å². The van der Waals surface area contributed by atoms with Crippen molar-refractivity contribution in [3.63, 3.8) is 0 Å². The van der Waals surface area contributed by atoms with Crippen LogP contribution in [-0.4, -0.2) is 58.7 Å². The van der Waals surface area contributed by atoms with Gasteiger partial charge in [0, 0.05) is 13.0 Å². The summed E-state index contributed by atoms with van der Waals surface area (Å²) in [6, 6.07) is 23.4. The summed E-state index contributed by atoms with van der Waals surface area (Å²) in [5.74, 6) is -2.60. The number of hydrogen-bond acceptors (Lipinski definition) is 7. The molecule has 226 valence electrons. The molecular weight excluding hydrogens is 554 g/mol. The molecule has 0 radical (unpaired) electrons. The van der Waals surface area contributed by atoms with Crippen molar-refractivity contribution in [1.82, 2.24) is 10.2 Å². The average Bonchev–Trinajstić information content (AvgIpc) is 3.01. The number of rotatable bonds is 14. The first-order valence-electron chi connectivity index (χ1n) is 13.6. The van der Waals surface area contributed by atoms with Gasteiger partial charge in [-0.25, -0.2) is 19.3 Å². The lowest BCUT2D eigenvalue weighted by atomic mass is 10.0. The molecule has 0 aliphatic rings. The lowest BCUT2D eigenvalue weighted by molar-refractivity contribution is -0.149. The third-order valence-corrected chi connectivity index (χ3v) is 6.25. The number of guanidine groups is 1. The van der Waals surface area contributed by atoms with Gasteiger partial charge in [0.1, 0.15) is 25.3 Å². The summed E-state index contributed by atoms with van der Waals surface area (Å²) in [7, 11) is 0. The van der Waals surface area contributed by atoms with Gasteiger partial charge in [0.05, 0.1) is 0 Å². The zero-order valence-corrected chi connectivity index (χ0v) is 23.5. The Morgan fingerprint density at radius 1 is 0.791 bits per heavy atom. The van der Waals surface area contributed by atoms with Crippen LogP contribution in [0.2, 0.25) is 0 Å². The van der Waals surface area contributed by atoms with Crippen LogP contribution in [0.25, 0.3) is 0 Å². The number of nitrogens with two attached hydrogens (primary N) is 2. The first-order chi connectivity index (χ1) is 20.7. The van der Waals surface area contributed by atoms with Gasteiger partial charge in [0.15, 0.2) is 5.96 Å². The Morgan fingerprint density at radius 3 is 1.81 bits per heavy atom. The van der Waals surface area contributed by atoms with E-state index in [9.17, 15) is 24.3 Å². The Kier molecular flexibility index (Phi) is 12.5. The fourth-order valence-corrected chi connectivity index (χ4v) is 4.14. The van der Waals surface area contributed by atoms with Gasteiger partial charge in [0.2, 0.25) is 0 Å². The minimum absolute atomic E-state index is 0.0527. The van der Waals surface area contributed by atoms with Gasteiger partial charge < -0.3 is 31.4 Å². The molecule has 6 N–H and O–H groups in total. The van der Waals surface area contributed by atoms with E-state index >= 15 is 0 Å². The lowest BCUT2D eigenvalue weighted by Crippen LogP contribution is -2.57. The Hall–Kier alpha value is -5.39. The summed E-state index contributed by atoms with van der Waals surface area (Å²) in [4.78, 5) is 57.0. The number of carboxylic acids is 1. The standard InChI is InChI=1S/C31H35N5O7/c32-29(33)34-18-10-17-26(28(38)39)36(31(41)43-21-24-15-8-3-9-16-24)27(37)25(19-22-11-4-1-5-12-22)35-30(40)42-20-23-13-6-2-7-14-23/h1-9,11-16,25-26H,10,17-21H2,(H,35,40)(H,38,39)(H4,32,33,34)/t25-,26+/m1/s1. The average molecular weight is 590 g/mol. The molecule has 3 rings (SSSR count). The SMILES string of the molecule is NC(N)=NCCC[C@@H](C(=O)O)N(C(=O)OCc1ccccc1)C(=O)[C@@H](Cc1ccccc1)NC(=O)OCc1ccccc1. The molecule has 0 fully saturated rings. The summed E-state index contributed by atoms with van der Waals surface area (Å²) < 4.78 is 10.7. The van der Waals surface area contributed by atoms with E-state index < -0.39 is 36.1 Å². The van der Waals surface area contributed by atoms with Crippen LogP contribution in [0.4, 0.5) is 9.59 Å². The number of benzene rings is 3. The quantitative estimate of drug-likeness (QED) is 0.124. The van der Waals surface area contributed by atoms with Crippen LogP contribution in [0.3, 0.4) is 0 Å². The molecule has 0 unspecified atom stereocenters. The van der Waals surface area contributed by atoms with E-state index in [4.69, 9.17) is 20.9 Å². The highest BCUT2D eigenvalue weighted by Crippen LogP contribution is 2.16. The Morgan fingerprint density at radius 2 is 1.30 bits per heavy atom. The molecule has 0 aliphatic carbocycles. The minimum atomic E-state index is -1.63. The Balaban J connectivity index is 1.88. The van der Waals surface area contributed by atoms with Crippen LogP contribution >= 0.6 is 0 Å². The second-order valence-corrected chi connectivity index (χ2v) is 9.50. The predicted octanol–water partition coefficient (Wildman–Crippen LogP) is 3.20. The number of carbonyl (C=O) groups is 4. The molecule has 2 atom stereocenters. The summed E-state index contributed by atoms with van der Waals surface area (Å²) >= 11 is 0. The minimum Gasteiger partial charge on any atom is -0.480 e. The van der Waals surface area contributed by atoms with Crippen molar-refractivity contribution < 1.29 is 33.8 Å². The number of nitrogens with one attached hydrogen (secondary N) is 1. The van der Waals surface area contributed by atoms with Crippen LogP contribution in [0.15, 0.2) is 96.0 Å². The molecule has 3 aromatic rings. The highest BCUT2D eigenvalue weighted by Gasteiger charge is 2.40. The van der Waals surface area contributed by atoms with Crippen molar-refractivity contribution in [3.8, 4) is 0 Å². The van der Waals surface area contributed by atoms with Crippen molar-refractivity contribution in [3.05, 3.63) is 108 Å². The number of imide groups is 1. The topological polar surface area (TPSA) is 187 Å². The summed E-state index contributed by atoms with van der Waals surface area (Å²) in [6.45, 7) is -0.200. The fourth-order valence-electron chi connectivity index (χ4n) is 4.14. The number of nitrogens with zero attached hydrogens (tertiary/aromatic N) is 2. The number of amides is 3. The van der Waals surface area contributed by atoms with Gasteiger partial charge >= 0.3 is 18.2 Å². The molecule has 12 heteroatoms. The number of carbonyl (C=O) groups excluding carboxylic acids is 3. The molecule has 3 aromatic carbocycles. The van der Waals surface area contributed by atoms with Crippen LogP contribution in [0.5, 0.6) is 0 Å². The number of aliphatic carboxylic acids is 1. The van der Waals surface area contributed by atoms with E-state index in [1.165, 1.54) is 0 Å². The largest absolute Gasteiger partial charge is 0.480 e. The smallest absolute Gasteiger partial charge is 0.417 e. The van der Waals surface area contributed by atoms with Crippen molar-refractivity contribution in [1.29, 1.82) is 0 Å². The Bertz CT molecular complexity index is 1370. The second kappa shape index (κ2) is 16.8. The molecule has 0 saturated carbocycles. The zero-order valence-electron chi connectivity index (χ0n) is 23.5. The Labute approximate surface area is 249 Å². The molecule has 0 aromatic heterocycles. The monoisotopic (exact) mass is 589 g/mol. The van der Waals surface area contributed by atoms with Gasteiger partial charge in [-0.05, 0) is 29.5 Å². The first-order valence-corrected chi connectivity index (χ1v) is 13.6. The molecular formula is C31H35N5O7. The molecule has 0 bridgehead atoms. The fraction of sp³-hybridized carbons (Fsp3) is 0.258. The molecule has 3 amide bonds. The van der Waals surface area contributed by atoms with Gasteiger partial charge in [-0.1, -0.05) is 91.0 Å². The molecule has 0 aliphatic heterocycles. The third-order valence-electron chi connectivity index (χ3n) is 6.25. The van der Waals surface area contributed by atoms with E-state index in [-0.39, 0.29) is 45.0 Å². The van der Waals surface area contributed by atoms with Crippen molar-refractivity contribution in [2.45, 2.75) is 44.6 Å².